The third kappa shape index (κ3) is 3.85. The summed E-state index contributed by atoms with van der Waals surface area (Å²) in [5.74, 6) is 0.120. The molecule has 0 saturated heterocycles. The van der Waals surface area contributed by atoms with E-state index in [0.717, 1.165) is 28.2 Å². The molecule has 0 fully saturated rings. The van der Waals surface area contributed by atoms with Gasteiger partial charge in [0.1, 0.15) is 0 Å². The molecule has 0 bridgehead atoms. The van der Waals surface area contributed by atoms with E-state index in [0.29, 0.717) is 19.5 Å². The zero-order valence-electron chi connectivity index (χ0n) is 16.9. The van der Waals surface area contributed by atoms with E-state index >= 15 is 0 Å². The Balaban J connectivity index is 1.45. The molecule has 150 valence electrons. The molecule has 0 radical (unpaired) electrons. The summed E-state index contributed by atoms with van der Waals surface area (Å²) in [6, 6.07) is 11.4. The van der Waals surface area contributed by atoms with Gasteiger partial charge in [0.05, 0.1) is 18.0 Å². The molecular weight excluding hydrogens is 366 g/mol. The van der Waals surface area contributed by atoms with Gasteiger partial charge in [-0.1, -0.05) is 25.1 Å². The molecule has 1 atom stereocenters. The van der Waals surface area contributed by atoms with Gasteiger partial charge in [-0.3, -0.25) is 9.78 Å². The molecule has 2 aliphatic rings. The topological polar surface area (TPSA) is 77.9 Å². The molecule has 2 aliphatic heterocycles. The molecule has 0 spiro atoms. The predicted octanol–water partition coefficient (Wildman–Crippen LogP) is 3.61. The quantitative estimate of drug-likeness (QED) is 0.868. The summed E-state index contributed by atoms with van der Waals surface area (Å²) in [5, 5.41) is 9.10. The number of carbonyl (C=O) groups is 2. The number of fused-ring (bicyclic) bond motifs is 1. The Hall–Kier alpha value is -3.22. The van der Waals surface area contributed by atoms with Crippen molar-refractivity contribution in [3.05, 3.63) is 59.4 Å². The zero-order chi connectivity index (χ0) is 20.5. The van der Waals surface area contributed by atoms with Crippen LogP contribution in [0, 0.1) is 5.92 Å². The lowest BCUT2D eigenvalue weighted by molar-refractivity contribution is -0.134. The lowest BCUT2D eigenvalue weighted by atomic mass is 9.93. The van der Waals surface area contributed by atoms with Gasteiger partial charge in [-0.2, -0.15) is 5.10 Å². The number of carbonyl (C=O) groups excluding carboxylic acids is 2. The highest BCUT2D eigenvalue weighted by Crippen LogP contribution is 2.24. The van der Waals surface area contributed by atoms with Crippen LogP contribution in [0.15, 0.2) is 47.7 Å². The zero-order valence-corrected chi connectivity index (χ0v) is 16.9. The van der Waals surface area contributed by atoms with Gasteiger partial charge in [0.25, 0.3) is 0 Å². The van der Waals surface area contributed by atoms with Crippen LogP contribution < -0.4 is 5.32 Å². The first-order chi connectivity index (χ1) is 13.9. The summed E-state index contributed by atoms with van der Waals surface area (Å²) < 4.78 is 0. The number of hydrogen-bond donors (Lipinski definition) is 1. The number of rotatable bonds is 3. The monoisotopic (exact) mass is 391 g/mol. The molecule has 3 heterocycles. The second-order valence-corrected chi connectivity index (χ2v) is 7.90. The maximum Gasteiger partial charge on any atom is 0.322 e. The highest BCUT2D eigenvalue weighted by molar-refractivity contribution is 6.06. The second kappa shape index (κ2) is 7.66. The van der Waals surface area contributed by atoms with Gasteiger partial charge in [-0.15, -0.1) is 0 Å². The van der Waals surface area contributed by atoms with E-state index in [-0.39, 0.29) is 23.9 Å². The van der Waals surface area contributed by atoms with Crippen molar-refractivity contribution in [1.82, 2.24) is 14.9 Å². The second-order valence-electron chi connectivity index (χ2n) is 7.90. The number of hydrazone groups is 1. The number of amides is 3. The van der Waals surface area contributed by atoms with Crippen LogP contribution in [0.4, 0.5) is 10.5 Å². The number of nitrogens with zero attached hydrogens (tertiary/aromatic N) is 4. The summed E-state index contributed by atoms with van der Waals surface area (Å²) in [5.41, 5.74) is 4.63. The van der Waals surface area contributed by atoms with Crippen molar-refractivity contribution in [3.63, 3.8) is 0 Å². The maximum atomic E-state index is 12.6. The molecule has 1 N–H and O–H groups in total. The SMILES string of the molecule is CC1CC(=O)N(C(C)C)N=C1c1ccc(NC(=O)N2Cc3cccnc3C2)cc1. The van der Waals surface area contributed by atoms with Crippen LogP contribution in [-0.2, 0) is 17.9 Å². The number of hydrogen-bond acceptors (Lipinski definition) is 4. The van der Waals surface area contributed by atoms with Crippen LogP contribution in [-0.4, -0.2) is 38.6 Å². The lowest BCUT2D eigenvalue weighted by Gasteiger charge is -2.30. The first-order valence-electron chi connectivity index (χ1n) is 9.92. The fourth-order valence-corrected chi connectivity index (χ4v) is 3.74. The van der Waals surface area contributed by atoms with E-state index < -0.39 is 0 Å². The minimum Gasteiger partial charge on any atom is -0.314 e. The molecule has 1 aromatic carbocycles. The Morgan fingerprint density at radius 2 is 1.93 bits per heavy atom. The molecule has 3 amide bonds. The number of benzene rings is 1. The van der Waals surface area contributed by atoms with Crippen LogP contribution in [0.1, 0.15) is 44.0 Å². The largest absolute Gasteiger partial charge is 0.322 e. The predicted molar refractivity (Wildman–Crippen MR) is 111 cm³/mol. The average Bonchev–Trinajstić information content (AvgIpc) is 3.13. The van der Waals surface area contributed by atoms with E-state index in [1.165, 1.54) is 0 Å². The van der Waals surface area contributed by atoms with E-state index in [1.807, 2.05) is 57.2 Å². The minimum absolute atomic E-state index is 0.0302. The smallest absolute Gasteiger partial charge is 0.314 e. The fraction of sp³-hybridized carbons (Fsp3) is 0.364. The Kier molecular flexibility index (Phi) is 5.05. The Morgan fingerprint density at radius 3 is 2.62 bits per heavy atom. The Bertz CT molecular complexity index is 942. The number of nitrogens with one attached hydrogen (secondary N) is 1. The van der Waals surface area contributed by atoms with Crippen LogP contribution in [0.2, 0.25) is 0 Å². The molecule has 2 aromatic rings. The van der Waals surface area contributed by atoms with Crippen molar-refractivity contribution in [2.24, 2.45) is 11.0 Å². The first-order valence-corrected chi connectivity index (χ1v) is 9.92. The summed E-state index contributed by atoms with van der Waals surface area (Å²) in [4.78, 5) is 30.8. The highest BCUT2D eigenvalue weighted by atomic mass is 16.2. The normalized spacial score (nSPS) is 18.7. The molecule has 7 heteroatoms. The molecule has 7 nitrogen and oxygen atoms in total. The van der Waals surface area contributed by atoms with E-state index in [4.69, 9.17) is 0 Å². The summed E-state index contributed by atoms with van der Waals surface area (Å²) in [6.45, 7) is 7.02. The Labute approximate surface area is 170 Å². The average molecular weight is 391 g/mol. The van der Waals surface area contributed by atoms with Crippen LogP contribution >= 0.6 is 0 Å². The van der Waals surface area contributed by atoms with Crippen LogP contribution in [0.25, 0.3) is 0 Å². The molecule has 29 heavy (non-hydrogen) atoms. The van der Waals surface area contributed by atoms with Crippen molar-refractivity contribution in [2.75, 3.05) is 5.32 Å². The molecular formula is C22H25N5O2. The van der Waals surface area contributed by atoms with E-state index in [2.05, 4.69) is 15.4 Å². The number of aromatic nitrogens is 1. The Morgan fingerprint density at radius 1 is 1.17 bits per heavy atom. The lowest BCUT2D eigenvalue weighted by Crippen LogP contribution is -2.40. The van der Waals surface area contributed by atoms with Crippen molar-refractivity contribution < 1.29 is 9.59 Å². The molecule has 4 rings (SSSR count). The minimum atomic E-state index is -0.143. The summed E-state index contributed by atoms with van der Waals surface area (Å²) in [6.07, 6.45) is 2.21. The van der Waals surface area contributed by atoms with Crippen LogP contribution in [0.5, 0.6) is 0 Å². The van der Waals surface area contributed by atoms with Gasteiger partial charge in [-0.25, -0.2) is 9.80 Å². The highest BCUT2D eigenvalue weighted by Gasteiger charge is 2.29. The third-order valence-electron chi connectivity index (χ3n) is 5.31. The number of anilines is 1. The van der Waals surface area contributed by atoms with Crippen LogP contribution in [0.3, 0.4) is 0 Å². The van der Waals surface area contributed by atoms with Gasteiger partial charge in [0.2, 0.25) is 5.91 Å². The van der Waals surface area contributed by atoms with Gasteiger partial charge in [-0.05, 0) is 43.2 Å². The van der Waals surface area contributed by atoms with Gasteiger partial charge in [0.15, 0.2) is 0 Å². The molecule has 0 aliphatic carbocycles. The third-order valence-corrected chi connectivity index (χ3v) is 5.31. The standard InChI is InChI=1S/C22H25N5O2/c1-14(2)27-20(28)11-15(3)21(25-27)16-6-8-18(9-7-16)24-22(29)26-12-17-5-4-10-23-19(17)13-26/h4-10,14-15H,11-13H2,1-3H3,(H,24,29). The summed E-state index contributed by atoms with van der Waals surface area (Å²) in [7, 11) is 0. The van der Waals surface area contributed by atoms with Crippen molar-refractivity contribution in [2.45, 2.75) is 46.3 Å². The first kappa shape index (κ1) is 19.1. The van der Waals surface area contributed by atoms with E-state index in [1.54, 1.807) is 16.1 Å². The number of pyridine rings is 1. The van der Waals surface area contributed by atoms with Crippen molar-refractivity contribution in [3.8, 4) is 0 Å². The summed E-state index contributed by atoms with van der Waals surface area (Å²) >= 11 is 0. The van der Waals surface area contributed by atoms with Crippen molar-refractivity contribution >= 4 is 23.3 Å². The van der Waals surface area contributed by atoms with Gasteiger partial charge >= 0.3 is 6.03 Å². The molecule has 1 unspecified atom stereocenters. The van der Waals surface area contributed by atoms with Gasteiger partial charge in [0, 0.05) is 36.8 Å². The molecule has 1 aromatic heterocycles. The maximum absolute atomic E-state index is 12.6. The molecule has 0 saturated carbocycles. The van der Waals surface area contributed by atoms with E-state index in [9.17, 15) is 9.59 Å². The fourth-order valence-electron chi connectivity index (χ4n) is 3.74. The van der Waals surface area contributed by atoms with Gasteiger partial charge < -0.3 is 10.2 Å². The van der Waals surface area contributed by atoms with Crippen molar-refractivity contribution in [1.29, 1.82) is 0 Å². The number of urea groups is 1.